The van der Waals surface area contributed by atoms with Crippen molar-refractivity contribution in [1.29, 1.82) is 0 Å². The molecule has 2 rings (SSSR count). The van der Waals surface area contributed by atoms with Gasteiger partial charge in [-0.1, -0.05) is 30.1 Å². The summed E-state index contributed by atoms with van der Waals surface area (Å²) in [6.45, 7) is 4.28. The number of carbonyl (C=O) groups is 1. The first kappa shape index (κ1) is 27.0. The Balaban J connectivity index is 2.61. The first-order valence-electron chi connectivity index (χ1n) is 9.74. The zero-order chi connectivity index (χ0) is 25.2. The summed E-state index contributed by atoms with van der Waals surface area (Å²) >= 11 is 12.3. The van der Waals surface area contributed by atoms with Crippen LogP contribution in [0.4, 0.5) is 26.3 Å². The van der Waals surface area contributed by atoms with Crippen LogP contribution in [-0.2, 0) is 13.2 Å². The summed E-state index contributed by atoms with van der Waals surface area (Å²) in [4.78, 5) is 14.3. The van der Waals surface area contributed by atoms with Gasteiger partial charge in [0.2, 0.25) is 5.95 Å². The molecule has 33 heavy (non-hydrogen) atoms. The molecule has 0 N–H and O–H groups in total. The molecule has 0 aliphatic heterocycles. The van der Waals surface area contributed by atoms with Crippen molar-refractivity contribution in [2.75, 3.05) is 6.54 Å². The van der Waals surface area contributed by atoms with E-state index in [1.54, 1.807) is 13.8 Å². The van der Waals surface area contributed by atoms with Crippen molar-refractivity contribution >= 4 is 34.7 Å². The minimum Gasteiger partial charge on any atom is -0.331 e. The van der Waals surface area contributed by atoms with Crippen LogP contribution in [0.5, 0.6) is 0 Å². The average Bonchev–Trinajstić information content (AvgIpc) is 3.02. The second kappa shape index (κ2) is 10.4. The Bertz CT molecular complexity index is 1060. The van der Waals surface area contributed by atoms with Crippen LogP contribution in [0.15, 0.2) is 23.2 Å². The van der Waals surface area contributed by atoms with Gasteiger partial charge in [-0.15, -0.1) is 0 Å². The second-order valence-electron chi connectivity index (χ2n) is 7.37. The number of hydrogen-bond donors (Lipinski definition) is 0. The highest BCUT2D eigenvalue weighted by molar-refractivity contribution is 6.35. The van der Waals surface area contributed by atoms with E-state index in [-0.39, 0.29) is 21.2 Å². The molecule has 1 atom stereocenters. The Labute approximate surface area is 196 Å². The van der Waals surface area contributed by atoms with Crippen molar-refractivity contribution < 1.29 is 31.1 Å². The Morgan fingerprint density at radius 1 is 1.27 bits per heavy atom. The first-order valence-corrected chi connectivity index (χ1v) is 10.5. The Morgan fingerprint density at radius 3 is 2.36 bits per heavy atom. The lowest BCUT2D eigenvalue weighted by Gasteiger charge is -2.30. The van der Waals surface area contributed by atoms with Crippen LogP contribution in [0.3, 0.4) is 0 Å². The standard InChI is InChI=1S/C21H21Cl2F6N3O/c1-5-10(2)32(20(33)16-17(18(24)25)30-31(4)19(16)26)9-14(11(3)22)13-8-12(21(27,28)29)6-7-15(13)23/h6-8,10,18H,5,9H2,1-4H3/b14-11-. The lowest BCUT2D eigenvalue weighted by molar-refractivity contribution is -0.137. The zero-order valence-corrected chi connectivity index (χ0v) is 19.6. The largest absolute Gasteiger partial charge is 0.416 e. The van der Waals surface area contributed by atoms with E-state index in [1.807, 2.05) is 0 Å². The van der Waals surface area contributed by atoms with E-state index in [4.69, 9.17) is 23.2 Å². The maximum absolute atomic E-state index is 14.6. The molecular weight excluding hydrogens is 495 g/mol. The smallest absolute Gasteiger partial charge is 0.331 e. The third-order valence-electron chi connectivity index (χ3n) is 5.17. The molecule has 0 bridgehead atoms. The quantitative estimate of drug-likeness (QED) is 0.369. The summed E-state index contributed by atoms with van der Waals surface area (Å²) in [6.07, 6.45) is -7.55. The number of alkyl halides is 5. The van der Waals surface area contributed by atoms with Crippen molar-refractivity contribution in [2.24, 2.45) is 7.05 Å². The molecular formula is C21H21Cl2F6N3O. The van der Waals surface area contributed by atoms with E-state index in [0.29, 0.717) is 11.1 Å². The summed E-state index contributed by atoms with van der Waals surface area (Å²) in [5.74, 6) is -2.35. The fourth-order valence-corrected chi connectivity index (χ4v) is 3.54. The molecule has 12 heteroatoms. The molecule has 2 aromatic rings. The number of rotatable bonds is 7. The van der Waals surface area contributed by atoms with E-state index in [9.17, 15) is 31.1 Å². The van der Waals surface area contributed by atoms with Gasteiger partial charge in [0, 0.05) is 29.7 Å². The number of halogens is 8. The van der Waals surface area contributed by atoms with Crippen molar-refractivity contribution in [2.45, 2.75) is 45.8 Å². The molecule has 0 radical (unpaired) electrons. The predicted octanol–water partition coefficient (Wildman–Crippen LogP) is 7.08. The molecule has 0 spiro atoms. The number of aromatic nitrogens is 2. The molecule has 1 amide bonds. The lowest BCUT2D eigenvalue weighted by atomic mass is 10.0. The molecule has 0 aliphatic rings. The van der Waals surface area contributed by atoms with Gasteiger partial charge in [0.25, 0.3) is 12.3 Å². The van der Waals surface area contributed by atoms with Crippen molar-refractivity contribution in [3.63, 3.8) is 0 Å². The van der Waals surface area contributed by atoms with Crippen LogP contribution in [0.2, 0.25) is 5.02 Å². The third-order valence-corrected chi connectivity index (χ3v) is 5.73. The minimum atomic E-state index is -4.66. The van der Waals surface area contributed by atoms with Crippen LogP contribution in [0, 0.1) is 5.95 Å². The van der Waals surface area contributed by atoms with Gasteiger partial charge in [-0.05, 0) is 49.6 Å². The number of nitrogens with zero attached hydrogens (tertiary/aromatic N) is 3. The van der Waals surface area contributed by atoms with Gasteiger partial charge in [0.15, 0.2) is 0 Å². The molecule has 1 heterocycles. The van der Waals surface area contributed by atoms with Crippen LogP contribution in [0.25, 0.3) is 5.57 Å². The van der Waals surface area contributed by atoms with Gasteiger partial charge in [0.1, 0.15) is 11.3 Å². The topological polar surface area (TPSA) is 38.1 Å². The Morgan fingerprint density at radius 2 is 1.88 bits per heavy atom. The fourth-order valence-electron chi connectivity index (χ4n) is 3.15. The van der Waals surface area contributed by atoms with E-state index < -0.39 is 53.9 Å². The number of aryl methyl sites for hydroxylation is 1. The van der Waals surface area contributed by atoms with Gasteiger partial charge in [-0.3, -0.25) is 4.79 Å². The van der Waals surface area contributed by atoms with Crippen molar-refractivity contribution in [1.82, 2.24) is 14.7 Å². The molecule has 1 unspecified atom stereocenters. The van der Waals surface area contributed by atoms with Crippen LogP contribution < -0.4 is 0 Å². The summed E-state index contributed by atoms with van der Waals surface area (Å²) < 4.78 is 81.7. The maximum atomic E-state index is 14.6. The number of allylic oxidation sites excluding steroid dienone is 1. The number of benzene rings is 1. The highest BCUT2D eigenvalue weighted by Crippen LogP contribution is 2.36. The molecule has 1 aromatic carbocycles. The summed E-state index contributed by atoms with van der Waals surface area (Å²) in [6, 6.07) is 2.02. The maximum Gasteiger partial charge on any atom is 0.416 e. The monoisotopic (exact) mass is 515 g/mol. The number of amides is 1. The zero-order valence-electron chi connectivity index (χ0n) is 18.1. The molecule has 182 valence electrons. The van der Waals surface area contributed by atoms with Gasteiger partial charge in [-0.25, -0.2) is 13.5 Å². The molecule has 1 aromatic heterocycles. The highest BCUT2D eigenvalue weighted by atomic mass is 35.5. The van der Waals surface area contributed by atoms with Crippen molar-refractivity contribution in [3.05, 3.63) is 56.6 Å². The second-order valence-corrected chi connectivity index (χ2v) is 8.34. The van der Waals surface area contributed by atoms with E-state index in [2.05, 4.69) is 5.10 Å². The molecule has 0 fully saturated rings. The van der Waals surface area contributed by atoms with Crippen LogP contribution in [-0.4, -0.2) is 33.2 Å². The molecule has 0 saturated heterocycles. The lowest BCUT2D eigenvalue weighted by Crippen LogP contribution is -2.40. The van der Waals surface area contributed by atoms with Gasteiger partial charge in [-0.2, -0.15) is 22.7 Å². The fraction of sp³-hybridized carbons (Fsp3) is 0.429. The number of hydrogen-bond acceptors (Lipinski definition) is 2. The Kier molecular flexibility index (Phi) is 8.51. The normalized spacial score (nSPS) is 13.8. The van der Waals surface area contributed by atoms with Gasteiger partial charge >= 0.3 is 6.18 Å². The summed E-state index contributed by atoms with van der Waals surface area (Å²) in [7, 11) is 1.07. The predicted molar refractivity (Wildman–Crippen MR) is 114 cm³/mol. The van der Waals surface area contributed by atoms with Crippen molar-refractivity contribution in [3.8, 4) is 0 Å². The van der Waals surface area contributed by atoms with Crippen LogP contribution in [0.1, 0.15) is 60.8 Å². The molecule has 4 nitrogen and oxygen atoms in total. The van der Waals surface area contributed by atoms with E-state index >= 15 is 0 Å². The van der Waals surface area contributed by atoms with E-state index in [0.717, 1.165) is 30.1 Å². The number of carbonyl (C=O) groups excluding carboxylic acids is 1. The van der Waals surface area contributed by atoms with Gasteiger partial charge in [0.05, 0.1) is 5.56 Å². The Hall–Kier alpha value is -2.20. The SMILES string of the molecule is CCC(C)N(C/C(=C(\C)Cl)c1cc(C(F)(F)F)ccc1Cl)C(=O)c1c(C(F)F)nn(C)c1F. The van der Waals surface area contributed by atoms with Crippen LogP contribution >= 0.6 is 23.2 Å². The third kappa shape index (κ3) is 5.84. The minimum absolute atomic E-state index is 0.0260. The average molecular weight is 516 g/mol. The molecule has 0 aliphatic carbocycles. The summed E-state index contributed by atoms with van der Waals surface area (Å²) in [5.41, 5.74) is -2.95. The molecule has 0 saturated carbocycles. The van der Waals surface area contributed by atoms with E-state index in [1.165, 1.54) is 6.92 Å². The highest BCUT2D eigenvalue weighted by Gasteiger charge is 2.35. The first-order chi connectivity index (χ1) is 15.2. The summed E-state index contributed by atoms with van der Waals surface area (Å²) in [5, 5.41) is 3.35. The van der Waals surface area contributed by atoms with Gasteiger partial charge < -0.3 is 4.90 Å².